The van der Waals surface area contributed by atoms with Crippen molar-refractivity contribution in [1.82, 2.24) is 20.2 Å². The van der Waals surface area contributed by atoms with Gasteiger partial charge in [0, 0.05) is 0 Å². The van der Waals surface area contributed by atoms with Gasteiger partial charge in [0.25, 0.3) is 0 Å². The first kappa shape index (κ1) is 12.0. The standard InChI is InChI=1S/C11H12N4O3/c1-7-3-4-9(18-2)8(5-7)15-10(6-11(16)17)12-13-14-15/h3-5H,6H2,1-2H3,(H,16,17). The van der Waals surface area contributed by atoms with E-state index in [1.807, 2.05) is 19.1 Å². The Balaban J connectivity index is 2.51. The minimum absolute atomic E-state index is 0.246. The lowest BCUT2D eigenvalue weighted by Gasteiger charge is -2.09. The van der Waals surface area contributed by atoms with E-state index in [4.69, 9.17) is 9.84 Å². The Morgan fingerprint density at radius 2 is 2.28 bits per heavy atom. The fourth-order valence-electron chi connectivity index (χ4n) is 1.60. The summed E-state index contributed by atoms with van der Waals surface area (Å²) in [5.41, 5.74) is 1.63. The molecule has 0 unspecified atom stereocenters. The van der Waals surface area contributed by atoms with Crippen LogP contribution in [0.4, 0.5) is 0 Å². The van der Waals surface area contributed by atoms with Crippen LogP contribution < -0.4 is 4.74 Å². The highest BCUT2D eigenvalue weighted by atomic mass is 16.5. The Kier molecular flexibility index (Phi) is 3.22. The second-order valence-electron chi connectivity index (χ2n) is 3.75. The van der Waals surface area contributed by atoms with Gasteiger partial charge in [-0.25, -0.2) is 0 Å². The van der Waals surface area contributed by atoms with E-state index in [0.29, 0.717) is 11.4 Å². The average Bonchev–Trinajstić information content (AvgIpc) is 2.76. The number of benzene rings is 1. The van der Waals surface area contributed by atoms with Gasteiger partial charge in [-0.2, -0.15) is 4.68 Å². The van der Waals surface area contributed by atoms with Gasteiger partial charge >= 0.3 is 5.97 Å². The molecule has 94 valence electrons. The van der Waals surface area contributed by atoms with Crippen molar-refractivity contribution < 1.29 is 14.6 Å². The molecule has 18 heavy (non-hydrogen) atoms. The highest BCUT2D eigenvalue weighted by molar-refractivity contribution is 5.69. The van der Waals surface area contributed by atoms with Crippen LogP contribution in [0.15, 0.2) is 18.2 Å². The van der Waals surface area contributed by atoms with Crippen LogP contribution in [0, 0.1) is 6.92 Å². The normalized spacial score (nSPS) is 10.3. The molecule has 1 aromatic heterocycles. The van der Waals surface area contributed by atoms with Crippen molar-refractivity contribution in [3.8, 4) is 11.4 Å². The molecule has 1 N–H and O–H groups in total. The molecule has 0 bridgehead atoms. The van der Waals surface area contributed by atoms with E-state index < -0.39 is 5.97 Å². The Hall–Kier alpha value is -2.44. The highest BCUT2D eigenvalue weighted by Gasteiger charge is 2.15. The quantitative estimate of drug-likeness (QED) is 0.852. The Bertz CT molecular complexity index is 579. The van der Waals surface area contributed by atoms with Gasteiger partial charge in [0.1, 0.15) is 17.9 Å². The van der Waals surface area contributed by atoms with E-state index in [1.54, 1.807) is 6.07 Å². The summed E-state index contributed by atoms with van der Waals surface area (Å²) in [5.74, 6) is -0.149. The minimum atomic E-state index is -0.988. The number of aromatic nitrogens is 4. The largest absolute Gasteiger partial charge is 0.494 e. The van der Waals surface area contributed by atoms with Crippen molar-refractivity contribution in [3.63, 3.8) is 0 Å². The molecule has 0 aliphatic rings. The van der Waals surface area contributed by atoms with Crippen LogP contribution in [0.1, 0.15) is 11.4 Å². The highest BCUT2D eigenvalue weighted by Crippen LogP contribution is 2.23. The number of carbonyl (C=O) groups is 1. The zero-order valence-corrected chi connectivity index (χ0v) is 9.99. The number of carboxylic acid groups (broad SMARTS) is 1. The molecule has 1 heterocycles. The molecule has 1 aromatic carbocycles. The lowest BCUT2D eigenvalue weighted by Crippen LogP contribution is -2.10. The third-order valence-corrected chi connectivity index (χ3v) is 2.41. The SMILES string of the molecule is COc1ccc(C)cc1-n1nnnc1CC(=O)O. The third kappa shape index (κ3) is 2.29. The summed E-state index contributed by atoms with van der Waals surface area (Å²) in [7, 11) is 1.54. The molecule has 7 nitrogen and oxygen atoms in total. The number of aryl methyl sites for hydroxylation is 1. The van der Waals surface area contributed by atoms with Crippen molar-refractivity contribution in [2.24, 2.45) is 0 Å². The summed E-state index contributed by atoms with van der Waals surface area (Å²) in [5, 5.41) is 19.8. The third-order valence-electron chi connectivity index (χ3n) is 2.41. The van der Waals surface area contributed by atoms with Crippen LogP contribution in [0.5, 0.6) is 5.75 Å². The smallest absolute Gasteiger partial charge is 0.311 e. The first-order valence-corrected chi connectivity index (χ1v) is 5.26. The summed E-state index contributed by atoms with van der Waals surface area (Å²) in [4.78, 5) is 10.7. The number of aliphatic carboxylic acids is 1. The predicted octanol–water partition coefficient (Wildman–Crippen LogP) is 0.606. The van der Waals surface area contributed by atoms with E-state index in [9.17, 15) is 4.79 Å². The van der Waals surface area contributed by atoms with Gasteiger partial charge in [0.15, 0.2) is 5.82 Å². The van der Waals surface area contributed by atoms with Crippen LogP contribution in [0.2, 0.25) is 0 Å². The Morgan fingerprint density at radius 3 is 2.94 bits per heavy atom. The van der Waals surface area contributed by atoms with Gasteiger partial charge in [-0.15, -0.1) is 5.10 Å². The molecule has 2 rings (SSSR count). The van der Waals surface area contributed by atoms with Crippen LogP contribution in [-0.2, 0) is 11.2 Å². The van der Waals surface area contributed by atoms with E-state index in [0.717, 1.165) is 5.56 Å². The second kappa shape index (κ2) is 4.82. The maximum Gasteiger partial charge on any atom is 0.311 e. The molecular weight excluding hydrogens is 236 g/mol. The number of hydrogen-bond donors (Lipinski definition) is 1. The summed E-state index contributed by atoms with van der Waals surface area (Å²) in [6.45, 7) is 1.92. The van der Waals surface area contributed by atoms with Crippen molar-refractivity contribution in [2.75, 3.05) is 7.11 Å². The number of hydrogen-bond acceptors (Lipinski definition) is 5. The molecule has 0 spiro atoms. The molecule has 0 saturated carbocycles. The molecule has 2 aromatic rings. The fraction of sp³-hybridized carbons (Fsp3) is 0.273. The summed E-state index contributed by atoms with van der Waals surface area (Å²) >= 11 is 0. The number of tetrazole rings is 1. The molecule has 0 amide bonds. The average molecular weight is 248 g/mol. The van der Waals surface area contributed by atoms with E-state index >= 15 is 0 Å². The molecule has 0 saturated heterocycles. The number of ether oxygens (including phenoxy) is 1. The molecular formula is C11H12N4O3. The molecule has 0 atom stereocenters. The first-order valence-electron chi connectivity index (χ1n) is 5.26. The van der Waals surface area contributed by atoms with Crippen molar-refractivity contribution in [2.45, 2.75) is 13.3 Å². The lowest BCUT2D eigenvalue weighted by molar-refractivity contribution is -0.136. The first-order chi connectivity index (χ1) is 8.61. The van der Waals surface area contributed by atoms with Gasteiger partial charge in [-0.3, -0.25) is 4.79 Å². The van der Waals surface area contributed by atoms with Crippen LogP contribution in [-0.4, -0.2) is 38.4 Å². The minimum Gasteiger partial charge on any atom is -0.494 e. The lowest BCUT2D eigenvalue weighted by atomic mass is 10.2. The van der Waals surface area contributed by atoms with Crippen molar-refractivity contribution in [3.05, 3.63) is 29.6 Å². The van der Waals surface area contributed by atoms with Gasteiger partial charge in [-0.1, -0.05) is 6.07 Å². The van der Waals surface area contributed by atoms with Crippen molar-refractivity contribution in [1.29, 1.82) is 0 Å². The molecule has 0 fully saturated rings. The number of nitrogens with zero attached hydrogens (tertiary/aromatic N) is 4. The zero-order valence-electron chi connectivity index (χ0n) is 9.99. The van der Waals surface area contributed by atoms with Gasteiger partial charge < -0.3 is 9.84 Å². The molecule has 0 aliphatic carbocycles. The summed E-state index contributed by atoms with van der Waals surface area (Å²) in [6, 6.07) is 5.51. The van der Waals surface area contributed by atoms with Crippen LogP contribution in [0.25, 0.3) is 5.69 Å². The maximum absolute atomic E-state index is 10.7. The monoisotopic (exact) mass is 248 g/mol. The van der Waals surface area contributed by atoms with E-state index in [-0.39, 0.29) is 12.2 Å². The number of carboxylic acids is 1. The molecule has 7 heteroatoms. The number of methoxy groups -OCH3 is 1. The summed E-state index contributed by atoms with van der Waals surface area (Å²) < 4.78 is 6.60. The van der Waals surface area contributed by atoms with Crippen LogP contribution >= 0.6 is 0 Å². The van der Waals surface area contributed by atoms with Gasteiger partial charge in [0.2, 0.25) is 0 Å². The Labute approximate surface area is 103 Å². The number of rotatable bonds is 4. The predicted molar refractivity (Wildman–Crippen MR) is 61.8 cm³/mol. The summed E-state index contributed by atoms with van der Waals surface area (Å²) in [6.07, 6.45) is -0.246. The molecule has 0 aliphatic heterocycles. The molecule has 0 radical (unpaired) electrons. The maximum atomic E-state index is 10.7. The van der Waals surface area contributed by atoms with Crippen LogP contribution in [0.3, 0.4) is 0 Å². The zero-order chi connectivity index (χ0) is 13.1. The van der Waals surface area contributed by atoms with Gasteiger partial charge in [-0.05, 0) is 35.0 Å². The second-order valence-corrected chi connectivity index (χ2v) is 3.75. The topological polar surface area (TPSA) is 90.1 Å². The Morgan fingerprint density at radius 1 is 1.50 bits per heavy atom. The van der Waals surface area contributed by atoms with E-state index in [1.165, 1.54) is 11.8 Å². The van der Waals surface area contributed by atoms with Crippen molar-refractivity contribution >= 4 is 5.97 Å². The van der Waals surface area contributed by atoms with E-state index in [2.05, 4.69) is 15.5 Å². The fourth-order valence-corrected chi connectivity index (χ4v) is 1.60. The van der Waals surface area contributed by atoms with Gasteiger partial charge in [0.05, 0.1) is 7.11 Å².